The molecule has 23 heavy (non-hydrogen) atoms. The second-order valence-electron chi connectivity index (χ2n) is 5.66. The van der Waals surface area contributed by atoms with Gasteiger partial charge in [-0.3, -0.25) is 9.59 Å². The van der Waals surface area contributed by atoms with E-state index in [-0.39, 0.29) is 24.2 Å². The predicted octanol–water partition coefficient (Wildman–Crippen LogP) is 2.53. The van der Waals surface area contributed by atoms with Gasteiger partial charge in [0.2, 0.25) is 0 Å². The second kappa shape index (κ2) is 6.36. The van der Waals surface area contributed by atoms with E-state index in [4.69, 9.17) is 4.74 Å². The molecule has 1 aromatic carbocycles. The predicted molar refractivity (Wildman–Crippen MR) is 85.5 cm³/mol. The largest absolute Gasteiger partial charge is 0.466 e. The molecule has 1 aromatic heterocycles. The highest BCUT2D eigenvalue weighted by Crippen LogP contribution is 2.31. The molecule has 0 radical (unpaired) electrons. The van der Waals surface area contributed by atoms with Gasteiger partial charge in [-0.2, -0.15) is 0 Å². The topological polar surface area (TPSA) is 61.2 Å². The quantitative estimate of drug-likeness (QED) is 0.796. The normalized spacial score (nSPS) is 16.4. The van der Waals surface area contributed by atoms with E-state index in [1.165, 1.54) is 0 Å². The lowest BCUT2D eigenvalue weighted by molar-refractivity contribution is -0.142. The maximum Gasteiger partial charge on any atom is 0.310 e. The van der Waals surface area contributed by atoms with Crippen LogP contribution in [-0.2, 0) is 28.8 Å². The third kappa shape index (κ3) is 2.91. The van der Waals surface area contributed by atoms with Crippen molar-refractivity contribution < 1.29 is 14.3 Å². The average molecular weight is 312 g/mol. The molecule has 5 nitrogen and oxygen atoms in total. The van der Waals surface area contributed by atoms with E-state index in [0.717, 1.165) is 28.9 Å². The molecule has 0 amide bonds. The maximum absolute atomic E-state index is 12.7. The smallest absolute Gasteiger partial charge is 0.310 e. The van der Waals surface area contributed by atoms with Crippen LogP contribution in [0.15, 0.2) is 30.6 Å². The summed E-state index contributed by atoms with van der Waals surface area (Å²) in [5, 5.41) is 0. The lowest BCUT2D eigenvalue weighted by Gasteiger charge is -2.12. The van der Waals surface area contributed by atoms with Crippen LogP contribution in [0, 0.1) is 0 Å². The van der Waals surface area contributed by atoms with Crippen molar-refractivity contribution in [1.82, 2.24) is 9.55 Å². The standard InChI is InChI=1S/C18H20N2O3/c1-3-16-19-7-8-20(16)15-11-13-9-12(10-17(21)23-4-2)5-6-14(13)18(15)22/h5-9,15H,3-4,10-11H2,1-2H3. The number of ether oxygens (including phenoxy) is 1. The van der Waals surface area contributed by atoms with E-state index in [9.17, 15) is 9.59 Å². The van der Waals surface area contributed by atoms with E-state index >= 15 is 0 Å². The van der Waals surface area contributed by atoms with Crippen LogP contribution >= 0.6 is 0 Å². The summed E-state index contributed by atoms with van der Waals surface area (Å²) in [6, 6.07) is 5.40. The van der Waals surface area contributed by atoms with Crippen LogP contribution in [0.25, 0.3) is 0 Å². The van der Waals surface area contributed by atoms with Crippen molar-refractivity contribution in [2.45, 2.75) is 39.2 Å². The van der Waals surface area contributed by atoms with E-state index < -0.39 is 0 Å². The van der Waals surface area contributed by atoms with Gasteiger partial charge in [0.1, 0.15) is 11.9 Å². The Morgan fingerprint density at radius 1 is 1.39 bits per heavy atom. The summed E-state index contributed by atoms with van der Waals surface area (Å²) in [4.78, 5) is 28.6. The molecule has 2 aromatic rings. The van der Waals surface area contributed by atoms with Gasteiger partial charge in [-0.15, -0.1) is 0 Å². The first kappa shape index (κ1) is 15.5. The van der Waals surface area contributed by atoms with E-state index in [0.29, 0.717) is 13.0 Å². The molecule has 0 fully saturated rings. The Morgan fingerprint density at radius 2 is 2.22 bits per heavy atom. The van der Waals surface area contributed by atoms with E-state index in [1.54, 1.807) is 13.1 Å². The highest BCUT2D eigenvalue weighted by molar-refractivity contribution is 6.03. The van der Waals surface area contributed by atoms with Gasteiger partial charge in [-0.1, -0.05) is 25.1 Å². The number of benzene rings is 1. The second-order valence-corrected chi connectivity index (χ2v) is 5.66. The average Bonchev–Trinajstić information content (AvgIpc) is 3.11. The van der Waals surface area contributed by atoms with Gasteiger partial charge >= 0.3 is 5.97 Å². The molecule has 0 aliphatic heterocycles. The first-order chi connectivity index (χ1) is 11.1. The van der Waals surface area contributed by atoms with Crippen LogP contribution < -0.4 is 0 Å². The third-order valence-electron chi connectivity index (χ3n) is 4.21. The fourth-order valence-corrected chi connectivity index (χ4v) is 3.15. The zero-order valence-electron chi connectivity index (χ0n) is 13.4. The van der Waals surface area contributed by atoms with Gasteiger partial charge in [0.15, 0.2) is 5.78 Å². The fraction of sp³-hybridized carbons (Fsp3) is 0.389. The Hall–Kier alpha value is -2.43. The number of aromatic nitrogens is 2. The summed E-state index contributed by atoms with van der Waals surface area (Å²) in [5.74, 6) is 0.800. The number of rotatable bonds is 5. The minimum atomic E-state index is -0.240. The molecule has 120 valence electrons. The van der Waals surface area contributed by atoms with Crippen molar-refractivity contribution in [2.75, 3.05) is 6.61 Å². The summed E-state index contributed by atoms with van der Waals surface area (Å²) < 4.78 is 6.94. The number of ketones is 1. The van der Waals surface area contributed by atoms with Crippen LogP contribution in [-0.4, -0.2) is 27.9 Å². The highest BCUT2D eigenvalue weighted by Gasteiger charge is 2.32. The van der Waals surface area contributed by atoms with E-state index in [1.807, 2.05) is 35.9 Å². The highest BCUT2D eigenvalue weighted by atomic mass is 16.5. The SMILES string of the molecule is CCOC(=O)Cc1ccc2c(c1)CC(n1ccnc1CC)C2=O. The van der Waals surface area contributed by atoms with Gasteiger partial charge < -0.3 is 9.30 Å². The summed E-state index contributed by atoms with van der Waals surface area (Å²) in [6.45, 7) is 4.20. The molecule has 1 aliphatic carbocycles. The maximum atomic E-state index is 12.7. The van der Waals surface area contributed by atoms with Crippen molar-refractivity contribution in [2.24, 2.45) is 0 Å². The van der Waals surface area contributed by atoms with Gasteiger partial charge in [-0.05, 0) is 18.1 Å². The molecule has 5 heteroatoms. The van der Waals surface area contributed by atoms with Crippen molar-refractivity contribution in [3.63, 3.8) is 0 Å². The van der Waals surface area contributed by atoms with Crippen LogP contribution in [0.3, 0.4) is 0 Å². The number of esters is 1. The Bertz CT molecular complexity index is 748. The molecule has 0 N–H and O–H groups in total. The Morgan fingerprint density at radius 3 is 2.96 bits per heavy atom. The summed E-state index contributed by atoms with van der Waals surface area (Å²) >= 11 is 0. The van der Waals surface area contributed by atoms with Crippen LogP contribution in [0.1, 0.15) is 47.2 Å². The lowest BCUT2D eigenvalue weighted by Crippen LogP contribution is -2.17. The lowest BCUT2D eigenvalue weighted by atomic mass is 10.0. The van der Waals surface area contributed by atoms with Crippen molar-refractivity contribution in [3.05, 3.63) is 53.1 Å². The molecule has 0 saturated heterocycles. The zero-order valence-corrected chi connectivity index (χ0v) is 13.4. The Kier molecular flexibility index (Phi) is 4.28. The fourth-order valence-electron chi connectivity index (χ4n) is 3.15. The van der Waals surface area contributed by atoms with Crippen LogP contribution in [0.5, 0.6) is 0 Å². The molecular weight excluding hydrogens is 292 g/mol. The number of imidazole rings is 1. The number of fused-ring (bicyclic) bond motifs is 1. The molecule has 1 unspecified atom stereocenters. The van der Waals surface area contributed by atoms with Crippen LogP contribution in [0.2, 0.25) is 0 Å². The number of carbonyl (C=O) groups excluding carboxylic acids is 2. The first-order valence-electron chi connectivity index (χ1n) is 7.97. The van der Waals surface area contributed by atoms with Gasteiger partial charge in [-0.25, -0.2) is 4.98 Å². The molecule has 1 heterocycles. The Balaban J connectivity index is 1.83. The summed E-state index contributed by atoms with van der Waals surface area (Å²) in [6.07, 6.45) is 5.29. The van der Waals surface area contributed by atoms with Gasteiger partial charge in [0.05, 0.1) is 13.0 Å². The van der Waals surface area contributed by atoms with Gasteiger partial charge in [0, 0.05) is 30.8 Å². The minimum absolute atomic E-state index is 0.121. The molecule has 0 spiro atoms. The monoisotopic (exact) mass is 312 g/mol. The number of hydrogen-bond acceptors (Lipinski definition) is 4. The zero-order chi connectivity index (χ0) is 16.4. The number of hydrogen-bond donors (Lipinski definition) is 0. The number of carbonyl (C=O) groups is 2. The van der Waals surface area contributed by atoms with Crippen molar-refractivity contribution in [3.8, 4) is 0 Å². The number of nitrogens with zero attached hydrogens (tertiary/aromatic N) is 2. The van der Waals surface area contributed by atoms with Gasteiger partial charge in [0.25, 0.3) is 0 Å². The van der Waals surface area contributed by atoms with Crippen LogP contribution in [0.4, 0.5) is 0 Å². The molecule has 1 aliphatic rings. The molecule has 3 rings (SSSR count). The summed E-state index contributed by atoms with van der Waals surface area (Å²) in [7, 11) is 0. The third-order valence-corrected chi connectivity index (χ3v) is 4.21. The van der Waals surface area contributed by atoms with E-state index in [2.05, 4.69) is 4.98 Å². The molecule has 1 atom stereocenters. The first-order valence-corrected chi connectivity index (χ1v) is 7.97. The number of aryl methyl sites for hydroxylation is 1. The minimum Gasteiger partial charge on any atom is -0.466 e. The Labute approximate surface area is 135 Å². The van der Waals surface area contributed by atoms with Crippen molar-refractivity contribution >= 4 is 11.8 Å². The molecule has 0 saturated carbocycles. The number of Topliss-reactive ketones (excluding diaryl/α,β-unsaturated/α-hetero) is 1. The molecule has 0 bridgehead atoms. The van der Waals surface area contributed by atoms with Crippen molar-refractivity contribution in [1.29, 1.82) is 0 Å². The molecular formula is C18H20N2O3. The summed E-state index contributed by atoms with van der Waals surface area (Å²) in [5.41, 5.74) is 2.63.